The highest BCUT2D eigenvalue weighted by Gasteiger charge is 2.09. The summed E-state index contributed by atoms with van der Waals surface area (Å²) in [5.74, 6) is 0. The zero-order chi connectivity index (χ0) is 19.3. The number of nitrogens with zero attached hydrogens (tertiary/aromatic N) is 1. The van der Waals surface area contributed by atoms with Gasteiger partial charge in [-0.25, -0.2) is 0 Å². The van der Waals surface area contributed by atoms with Crippen LogP contribution in [0.4, 0.5) is 0 Å². The van der Waals surface area contributed by atoms with Crippen LogP contribution in [0, 0.1) is 0 Å². The minimum atomic E-state index is 0.957. The van der Waals surface area contributed by atoms with Gasteiger partial charge >= 0.3 is 0 Å². The number of allylic oxidation sites excluding steroid dienone is 1. The molecule has 4 rings (SSSR count). The minimum absolute atomic E-state index is 0.957. The van der Waals surface area contributed by atoms with Gasteiger partial charge in [-0.3, -0.25) is 4.99 Å². The van der Waals surface area contributed by atoms with E-state index in [4.69, 9.17) is 4.99 Å². The summed E-state index contributed by atoms with van der Waals surface area (Å²) in [5.41, 5.74) is 4.58. The van der Waals surface area contributed by atoms with E-state index in [9.17, 15) is 0 Å². The Morgan fingerprint density at radius 2 is 1.50 bits per heavy atom. The second-order valence-electron chi connectivity index (χ2n) is 7.07. The van der Waals surface area contributed by atoms with Crippen LogP contribution < -0.4 is 0 Å². The molecule has 1 nitrogen and oxygen atoms in total. The SMILES string of the molecule is C/C=C(/N=C(CCC)c1cccc2ccccc12)c1ccc2ccccc2c1. The standard InChI is InChI=1S/C27H25N/c1-3-10-27(25-16-9-14-21-12-7-8-15-24(21)25)28-26(4-2)23-18-17-20-11-5-6-13-22(20)19-23/h4-9,11-19H,3,10H2,1-2H3/b26-4+,28-27?. The van der Waals surface area contributed by atoms with Crippen LogP contribution in [-0.4, -0.2) is 5.71 Å². The summed E-state index contributed by atoms with van der Waals surface area (Å²) < 4.78 is 0. The summed E-state index contributed by atoms with van der Waals surface area (Å²) in [6, 6.07) is 30.1. The van der Waals surface area contributed by atoms with E-state index in [0.29, 0.717) is 0 Å². The van der Waals surface area contributed by atoms with Gasteiger partial charge in [-0.1, -0.05) is 98.3 Å². The van der Waals surface area contributed by atoms with E-state index in [2.05, 4.69) is 105 Å². The van der Waals surface area contributed by atoms with E-state index in [0.717, 1.165) is 29.8 Å². The van der Waals surface area contributed by atoms with Gasteiger partial charge in [0.1, 0.15) is 0 Å². The van der Waals surface area contributed by atoms with Gasteiger partial charge in [-0.15, -0.1) is 0 Å². The normalized spacial score (nSPS) is 12.6. The highest BCUT2D eigenvalue weighted by atomic mass is 14.8. The molecular formula is C27H25N. The van der Waals surface area contributed by atoms with Gasteiger partial charge in [-0.2, -0.15) is 0 Å². The van der Waals surface area contributed by atoms with Crippen LogP contribution in [0.3, 0.4) is 0 Å². The number of hydrogen-bond donors (Lipinski definition) is 0. The average Bonchev–Trinajstić information content (AvgIpc) is 2.76. The molecule has 0 fully saturated rings. The second kappa shape index (κ2) is 8.22. The van der Waals surface area contributed by atoms with Crippen molar-refractivity contribution in [2.45, 2.75) is 26.7 Å². The van der Waals surface area contributed by atoms with Crippen molar-refractivity contribution in [2.24, 2.45) is 4.99 Å². The lowest BCUT2D eigenvalue weighted by atomic mass is 9.98. The van der Waals surface area contributed by atoms with Crippen molar-refractivity contribution >= 4 is 33.0 Å². The largest absolute Gasteiger partial charge is 0.253 e. The Labute approximate surface area is 167 Å². The monoisotopic (exact) mass is 363 g/mol. The first-order valence-corrected chi connectivity index (χ1v) is 10.0. The summed E-state index contributed by atoms with van der Waals surface area (Å²) in [6.07, 6.45) is 4.14. The second-order valence-corrected chi connectivity index (χ2v) is 7.07. The molecule has 0 unspecified atom stereocenters. The molecule has 0 bridgehead atoms. The Kier molecular flexibility index (Phi) is 5.34. The molecule has 4 aromatic carbocycles. The quantitative estimate of drug-likeness (QED) is 0.323. The van der Waals surface area contributed by atoms with Gasteiger partial charge in [0.2, 0.25) is 0 Å². The average molecular weight is 364 g/mol. The molecule has 0 saturated heterocycles. The van der Waals surface area contributed by atoms with E-state index >= 15 is 0 Å². The molecule has 4 aromatic rings. The first-order chi connectivity index (χ1) is 13.8. The molecule has 1 heteroatoms. The zero-order valence-electron chi connectivity index (χ0n) is 16.5. The molecule has 0 amide bonds. The van der Waals surface area contributed by atoms with Gasteiger partial charge in [0, 0.05) is 16.8 Å². The van der Waals surface area contributed by atoms with Gasteiger partial charge in [0.05, 0.1) is 5.70 Å². The molecule has 0 spiro atoms. The number of hydrogen-bond acceptors (Lipinski definition) is 1. The Balaban J connectivity index is 1.83. The van der Waals surface area contributed by atoms with Crippen LogP contribution in [0.2, 0.25) is 0 Å². The molecule has 0 radical (unpaired) electrons. The Hall–Kier alpha value is -3.19. The summed E-state index contributed by atoms with van der Waals surface area (Å²) in [5, 5.41) is 5.04. The minimum Gasteiger partial charge on any atom is -0.253 e. The van der Waals surface area contributed by atoms with Gasteiger partial charge in [-0.05, 0) is 41.0 Å². The van der Waals surface area contributed by atoms with E-state index in [-0.39, 0.29) is 0 Å². The van der Waals surface area contributed by atoms with Crippen molar-refractivity contribution in [3.05, 3.63) is 102 Å². The zero-order valence-corrected chi connectivity index (χ0v) is 16.5. The predicted molar refractivity (Wildman–Crippen MR) is 123 cm³/mol. The maximum Gasteiger partial charge on any atom is 0.0663 e. The molecule has 0 saturated carbocycles. The van der Waals surface area contributed by atoms with Gasteiger partial charge < -0.3 is 0 Å². The van der Waals surface area contributed by atoms with Gasteiger partial charge in [0.25, 0.3) is 0 Å². The number of benzene rings is 4. The molecule has 138 valence electrons. The summed E-state index contributed by atoms with van der Waals surface area (Å²) in [4.78, 5) is 5.16. The highest BCUT2D eigenvalue weighted by molar-refractivity contribution is 6.12. The van der Waals surface area contributed by atoms with Crippen molar-refractivity contribution in [1.29, 1.82) is 0 Å². The Morgan fingerprint density at radius 1 is 0.786 bits per heavy atom. The number of fused-ring (bicyclic) bond motifs is 2. The fourth-order valence-electron chi connectivity index (χ4n) is 3.75. The van der Waals surface area contributed by atoms with Crippen molar-refractivity contribution in [3.8, 4) is 0 Å². The molecule has 0 aliphatic carbocycles. The fourth-order valence-corrected chi connectivity index (χ4v) is 3.75. The molecule has 0 aromatic heterocycles. The smallest absolute Gasteiger partial charge is 0.0663 e. The van der Waals surface area contributed by atoms with Crippen molar-refractivity contribution < 1.29 is 0 Å². The van der Waals surface area contributed by atoms with Crippen LogP contribution in [0.25, 0.3) is 27.2 Å². The molecule has 0 heterocycles. The molecular weight excluding hydrogens is 338 g/mol. The first kappa shape index (κ1) is 18.2. The third kappa shape index (κ3) is 3.61. The van der Waals surface area contributed by atoms with Crippen LogP contribution >= 0.6 is 0 Å². The highest BCUT2D eigenvalue weighted by Crippen LogP contribution is 2.26. The van der Waals surface area contributed by atoms with E-state index in [1.54, 1.807) is 0 Å². The van der Waals surface area contributed by atoms with E-state index in [1.807, 2.05) is 0 Å². The third-order valence-corrected chi connectivity index (χ3v) is 5.16. The molecule has 0 aliphatic rings. The fraction of sp³-hybridized carbons (Fsp3) is 0.148. The molecule has 28 heavy (non-hydrogen) atoms. The molecule has 0 atom stereocenters. The predicted octanol–water partition coefficient (Wildman–Crippen LogP) is 7.64. The van der Waals surface area contributed by atoms with Crippen LogP contribution in [0.15, 0.2) is 96.0 Å². The summed E-state index contributed by atoms with van der Waals surface area (Å²) in [7, 11) is 0. The van der Waals surface area contributed by atoms with Crippen molar-refractivity contribution in [1.82, 2.24) is 0 Å². The molecule has 0 aliphatic heterocycles. The lowest BCUT2D eigenvalue weighted by Gasteiger charge is -2.12. The topological polar surface area (TPSA) is 12.4 Å². The lowest BCUT2D eigenvalue weighted by Crippen LogP contribution is -2.02. The lowest BCUT2D eigenvalue weighted by molar-refractivity contribution is 0.993. The number of rotatable bonds is 5. The first-order valence-electron chi connectivity index (χ1n) is 10.0. The van der Waals surface area contributed by atoms with Gasteiger partial charge in [0.15, 0.2) is 0 Å². The maximum atomic E-state index is 5.16. The van der Waals surface area contributed by atoms with Crippen molar-refractivity contribution in [3.63, 3.8) is 0 Å². The van der Waals surface area contributed by atoms with Crippen LogP contribution in [0.1, 0.15) is 37.8 Å². The maximum absolute atomic E-state index is 5.16. The van der Waals surface area contributed by atoms with Crippen LogP contribution in [0.5, 0.6) is 0 Å². The third-order valence-electron chi connectivity index (χ3n) is 5.16. The summed E-state index contributed by atoms with van der Waals surface area (Å²) in [6.45, 7) is 4.28. The molecule has 0 N–H and O–H groups in total. The van der Waals surface area contributed by atoms with Crippen LogP contribution in [-0.2, 0) is 0 Å². The number of aliphatic imine (C=N–C) groups is 1. The Morgan fingerprint density at radius 3 is 2.29 bits per heavy atom. The van der Waals surface area contributed by atoms with E-state index in [1.165, 1.54) is 27.1 Å². The van der Waals surface area contributed by atoms with Crippen molar-refractivity contribution in [2.75, 3.05) is 0 Å². The van der Waals surface area contributed by atoms with E-state index < -0.39 is 0 Å². The Bertz CT molecular complexity index is 1180. The summed E-state index contributed by atoms with van der Waals surface area (Å²) >= 11 is 0.